The minimum atomic E-state index is -0.453. The molecule has 0 fully saturated rings. The molecule has 0 bridgehead atoms. The van der Waals surface area contributed by atoms with Gasteiger partial charge in [-0.1, -0.05) is 36.4 Å². The maximum Gasteiger partial charge on any atom is 0.279 e. The zero-order chi connectivity index (χ0) is 21.1. The van der Waals surface area contributed by atoms with Crippen LogP contribution >= 0.6 is 0 Å². The van der Waals surface area contributed by atoms with E-state index in [0.29, 0.717) is 33.6 Å². The molecule has 0 saturated carbocycles. The van der Waals surface area contributed by atoms with Crippen molar-refractivity contribution < 1.29 is 14.3 Å². The van der Waals surface area contributed by atoms with Gasteiger partial charge in [-0.25, -0.2) is 0 Å². The quantitative estimate of drug-likeness (QED) is 0.552. The Kier molecular flexibility index (Phi) is 5.17. The van der Waals surface area contributed by atoms with Crippen LogP contribution in [0.25, 0.3) is 16.5 Å². The highest BCUT2D eigenvalue weighted by Crippen LogP contribution is 2.26. The summed E-state index contributed by atoms with van der Waals surface area (Å²) in [6, 6.07) is 21.0. The first kappa shape index (κ1) is 19.2. The molecule has 150 valence electrons. The SMILES string of the molecule is COc1cc(NC(=O)c2nn(-c3ccccc3)c(=O)c3ccccc23)cc(OC)c1. The van der Waals surface area contributed by atoms with Crippen LogP contribution in [0.5, 0.6) is 11.5 Å². The van der Waals surface area contributed by atoms with E-state index in [1.165, 1.54) is 18.9 Å². The first-order valence-corrected chi connectivity index (χ1v) is 9.22. The van der Waals surface area contributed by atoms with Crippen molar-refractivity contribution in [1.29, 1.82) is 0 Å². The molecular formula is C23H19N3O4. The third kappa shape index (κ3) is 3.60. The molecule has 0 radical (unpaired) electrons. The number of carbonyl (C=O) groups excluding carboxylic acids is 1. The Morgan fingerprint density at radius 1 is 0.867 bits per heavy atom. The zero-order valence-electron chi connectivity index (χ0n) is 16.5. The average molecular weight is 401 g/mol. The molecule has 1 N–H and O–H groups in total. The summed E-state index contributed by atoms with van der Waals surface area (Å²) in [6.07, 6.45) is 0. The summed E-state index contributed by atoms with van der Waals surface area (Å²) in [4.78, 5) is 26.1. The van der Waals surface area contributed by atoms with Crippen LogP contribution in [0.1, 0.15) is 10.5 Å². The van der Waals surface area contributed by atoms with E-state index in [1.807, 2.05) is 6.07 Å². The zero-order valence-corrected chi connectivity index (χ0v) is 16.5. The summed E-state index contributed by atoms with van der Waals surface area (Å²) in [7, 11) is 3.07. The Labute approximate surface area is 172 Å². The molecular weight excluding hydrogens is 382 g/mol. The lowest BCUT2D eigenvalue weighted by atomic mass is 10.1. The second kappa shape index (κ2) is 8.08. The van der Waals surface area contributed by atoms with Crippen molar-refractivity contribution in [3.05, 3.63) is 88.8 Å². The third-order valence-corrected chi connectivity index (χ3v) is 4.63. The summed E-state index contributed by atoms with van der Waals surface area (Å²) in [6.45, 7) is 0. The maximum absolute atomic E-state index is 13.2. The van der Waals surface area contributed by atoms with Crippen molar-refractivity contribution in [1.82, 2.24) is 9.78 Å². The molecule has 7 heteroatoms. The first-order valence-electron chi connectivity index (χ1n) is 9.22. The molecule has 1 heterocycles. The molecule has 0 saturated heterocycles. The Morgan fingerprint density at radius 2 is 1.47 bits per heavy atom. The molecule has 4 aromatic rings. The summed E-state index contributed by atoms with van der Waals surface area (Å²) < 4.78 is 11.7. The number of aromatic nitrogens is 2. The first-order chi connectivity index (χ1) is 14.6. The number of para-hydroxylation sites is 1. The number of ether oxygens (including phenoxy) is 2. The highest BCUT2D eigenvalue weighted by molar-refractivity contribution is 6.11. The second-order valence-corrected chi connectivity index (χ2v) is 6.50. The van der Waals surface area contributed by atoms with E-state index < -0.39 is 5.91 Å². The van der Waals surface area contributed by atoms with E-state index in [1.54, 1.807) is 66.7 Å². The van der Waals surface area contributed by atoms with Gasteiger partial charge in [0.1, 0.15) is 11.5 Å². The number of nitrogens with one attached hydrogen (secondary N) is 1. The maximum atomic E-state index is 13.2. The molecule has 7 nitrogen and oxygen atoms in total. The average Bonchev–Trinajstić information content (AvgIpc) is 2.79. The predicted octanol–water partition coefficient (Wildman–Crippen LogP) is 3.66. The van der Waals surface area contributed by atoms with Crippen molar-refractivity contribution in [2.45, 2.75) is 0 Å². The van der Waals surface area contributed by atoms with Gasteiger partial charge in [-0.3, -0.25) is 9.59 Å². The summed E-state index contributed by atoms with van der Waals surface area (Å²) in [5.41, 5.74) is 0.900. The third-order valence-electron chi connectivity index (χ3n) is 4.63. The second-order valence-electron chi connectivity index (χ2n) is 6.50. The van der Waals surface area contributed by atoms with Crippen molar-refractivity contribution >= 4 is 22.4 Å². The topological polar surface area (TPSA) is 82.5 Å². The van der Waals surface area contributed by atoms with E-state index in [2.05, 4.69) is 10.4 Å². The van der Waals surface area contributed by atoms with Crippen molar-refractivity contribution in [3.8, 4) is 17.2 Å². The molecule has 3 aromatic carbocycles. The lowest BCUT2D eigenvalue weighted by Crippen LogP contribution is -2.26. The summed E-state index contributed by atoms with van der Waals surface area (Å²) >= 11 is 0. The molecule has 0 atom stereocenters. The van der Waals surface area contributed by atoms with Gasteiger partial charge < -0.3 is 14.8 Å². The highest BCUT2D eigenvalue weighted by Gasteiger charge is 2.18. The lowest BCUT2D eigenvalue weighted by Gasteiger charge is -2.12. The van der Waals surface area contributed by atoms with Crippen LogP contribution in [0.15, 0.2) is 77.6 Å². The van der Waals surface area contributed by atoms with E-state index in [4.69, 9.17) is 9.47 Å². The van der Waals surface area contributed by atoms with Crippen LogP contribution in [0.2, 0.25) is 0 Å². The fourth-order valence-corrected chi connectivity index (χ4v) is 3.17. The standard InChI is InChI=1S/C23H19N3O4/c1-29-17-12-15(13-18(14-17)30-2)24-22(27)21-19-10-6-7-11-20(19)23(28)26(25-21)16-8-4-3-5-9-16/h3-14H,1-2H3,(H,24,27). The van der Waals surface area contributed by atoms with Crippen LogP contribution in [0, 0.1) is 0 Å². The van der Waals surface area contributed by atoms with E-state index >= 15 is 0 Å². The Bertz CT molecular complexity index is 1260. The number of fused-ring (bicyclic) bond motifs is 1. The van der Waals surface area contributed by atoms with Crippen molar-refractivity contribution in [2.75, 3.05) is 19.5 Å². The number of benzene rings is 3. The monoisotopic (exact) mass is 401 g/mol. The minimum absolute atomic E-state index is 0.135. The molecule has 4 rings (SSSR count). The summed E-state index contributed by atoms with van der Waals surface area (Å²) in [5.74, 6) is 0.625. The number of hydrogen-bond donors (Lipinski definition) is 1. The number of anilines is 1. The molecule has 0 spiro atoms. The van der Waals surface area contributed by atoms with E-state index in [0.717, 1.165) is 0 Å². The van der Waals surface area contributed by atoms with Gasteiger partial charge in [-0.05, 0) is 18.2 Å². The van der Waals surface area contributed by atoms with E-state index in [-0.39, 0.29) is 11.3 Å². The Hall–Kier alpha value is -4.13. The molecule has 1 amide bonds. The van der Waals surface area contributed by atoms with Gasteiger partial charge in [0, 0.05) is 29.3 Å². The largest absolute Gasteiger partial charge is 0.497 e. The normalized spacial score (nSPS) is 10.6. The molecule has 0 aliphatic carbocycles. The molecule has 30 heavy (non-hydrogen) atoms. The number of nitrogens with zero attached hydrogens (tertiary/aromatic N) is 2. The van der Waals surface area contributed by atoms with Crippen LogP contribution < -0.4 is 20.3 Å². The number of hydrogen-bond acceptors (Lipinski definition) is 5. The van der Waals surface area contributed by atoms with Gasteiger partial charge in [0.25, 0.3) is 11.5 Å². The fourth-order valence-electron chi connectivity index (χ4n) is 3.17. The molecule has 0 aliphatic rings. The summed E-state index contributed by atoms with van der Waals surface area (Å²) in [5, 5.41) is 8.08. The van der Waals surface area contributed by atoms with E-state index in [9.17, 15) is 9.59 Å². The van der Waals surface area contributed by atoms with Gasteiger partial charge in [0.15, 0.2) is 5.69 Å². The van der Waals surface area contributed by atoms with Gasteiger partial charge in [0.05, 0.1) is 25.3 Å². The van der Waals surface area contributed by atoms with Gasteiger partial charge in [-0.2, -0.15) is 9.78 Å². The molecule has 1 aromatic heterocycles. The highest BCUT2D eigenvalue weighted by atomic mass is 16.5. The number of carbonyl (C=O) groups is 1. The van der Waals surface area contributed by atoms with Crippen LogP contribution in [-0.2, 0) is 0 Å². The smallest absolute Gasteiger partial charge is 0.279 e. The number of amides is 1. The molecule has 0 aliphatic heterocycles. The number of rotatable bonds is 5. The van der Waals surface area contributed by atoms with Crippen LogP contribution in [0.4, 0.5) is 5.69 Å². The van der Waals surface area contributed by atoms with Crippen molar-refractivity contribution in [2.24, 2.45) is 0 Å². The van der Waals surface area contributed by atoms with Crippen LogP contribution in [-0.4, -0.2) is 29.9 Å². The van der Waals surface area contributed by atoms with Gasteiger partial charge in [0.2, 0.25) is 0 Å². The minimum Gasteiger partial charge on any atom is -0.497 e. The molecule has 0 unspecified atom stereocenters. The predicted molar refractivity (Wildman–Crippen MR) is 115 cm³/mol. The Morgan fingerprint density at radius 3 is 2.10 bits per heavy atom. The lowest BCUT2D eigenvalue weighted by molar-refractivity contribution is 0.102. The fraction of sp³-hybridized carbons (Fsp3) is 0.0870. The van der Waals surface area contributed by atoms with Crippen molar-refractivity contribution in [3.63, 3.8) is 0 Å². The number of methoxy groups -OCH3 is 2. The Balaban J connectivity index is 1.83. The van der Waals surface area contributed by atoms with Gasteiger partial charge >= 0.3 is 0 Å². The van der Waals surface area contributed by atoms with Crippen LogP contribution in [0.3, 0.4) is 0 Å². The van der Waals surface area contributed by atoms with Gasteiger partial charge in [-0.15, -0.1) is 0 Å².